The Bertz CT molecular complexity index is 942. The van der Waals surface area contributed by atoms with Crippen LogP contribution in [0.4, 0.5) is 10.8 Å². The SMILES string of the molecule is CCOC(=O)Cc1csc(NC(=O)CCC2NC(=O)c3ccccc3NC2=O)n1. The van der Waals surface area contributed by atoms with Crippen LogP contribution in [0.5, 0.6) is 0 Å². The molecule has 152 valence electrons. The molecule has 0 bridgehead atoms. The molecule has 1 aliphatic heterocycles. The highest BCUT2D eigenvalue weighted by molar-refractivity contribution is 7.13. The van der Waals surface area contributed by atoms with Gasteiger partial charge in [0.1, 0.15) is 6.04 Å². The average molecular weight is 416 g/mol. The Hall–Kier alpha value is -3.27. The summed E-state index contributed by atoms with van der Waals surface area (Å²) < 4.78 is 4.86. The lowest BCUT2D eigenvalue weighted by atomic mass is 10.1. The van der Waals surface area contributed by atoms with Gasteiger partial charge in [0, 0.05) is 11.8 Å². The molecule has 1 aliphatic rings. The zero-order valence-corrected chi connectivity index (χ0v) is 16.5. The Morgan fingerprint density at radius 3 is 2.86 bits per heavy atom. The van der Waals surface area contributed by atoms with Crippen molar-refractivity contribution in [2.75, 3.05) is 17.2 Å². The van der Waals surface area contributed by atoms with Crippen LogP contribution < -0.4 is 16.0 Å². The Labute approximate surface area is 170 Å². The number of anilines is 2. The van der Waals surface area contributed by atoms with Crippen LogP contribution in [0, 0.1) is 0 Å². The third kappa shape index (κ3) is 5.38. The van der Waals surface area contributed by atoms with Crippen molar-refractivity contribution in [1.82, 2.24) is 10.3 Å². The van der Waals surface area contributed by atoms with Crippen molar-refractivity contribution in [3.63, 3.8) is 0 Å². The van der Waals surface area contributed by atoms with Crippen molar-refractivity contribution in [3.8, 4) is 0 Å². The topological polar surface area (TPSA) is 126 Å². The molecule has 2 heterocycles. The highest BCUT2D eigenvalue weighted by Crippen LogP contribution is 2.20. The van der Waals surface area contributed by atoms with Crippen LogP contribution in [-0.4, -0.2) is 41.3 Å². The summed E-state index contributed by atoms with van der Waals surface area (Å²) in [6.07, 6.45) is 0.189. The third-order valence-corrected chi connectivity index (χ3v) is 4.95. The number of amides is 3. The zero-order chi connectivity index (χ0) is 20.8. The molecule has 0 aliphatic carbocycles. The van der Waals surface area contributed by atoms with Crippen LogP contribution >= 0.6 is 11.3 Å². The number of aromatic nitrogens is 1. The molecule has 29 heavy (non-hydrogen) atoms. The van der Waals surface area contributed by atoms with Crippen molar-refractivity contribution < 1.29 is 23.9 Å². The summed E-state index contributed by atoms with van der Waals surface area (Å²) >= 11 is 1.20. The van der Waals surface area contributed by atoms with E-state index in [1.807, 2.05) is 0 Å². The first-order valence-electron chi connectivity index (χ1n) is 9.07. The number of esters is 1. The Balaban J connectivity index is 1.52. The van der Waals surface area contributed by atoms with Gasteiger partial charge in [-0.3, -0.25) is 19.2 Å². The van der Waals surface area contributed by atoms with Crippen LogP contribution in [-0.2, 0) is 25.5 Å². The molecule has 0 radical (unpaired) electrons. The van der Waals surface area contributed by atoms with E-state index in [9.17, 15) is 19.2 Å². The number of ether oxygens (including phenoxy) is 1. The van der Waals surface area contributed by atoms with E-state index in [0.29, 0.717) is 28.7 Å². The van der Waals surface area contributed by atoms with Gasteiger partial charge in [0.2, 0.25) is 11.8 Å². The summed E-state index contributed by atoms with van der Waals surface area (Å²) in [7, 11) is 0. The average Bonchev–Trinajstić information content (AvgIpc) is 3.06. The molecular formula is C19H20N4O5S. The molecule has 1 aromatic carbocycles. The van der Waals surface area contributed by atoms with E-state index in [-0.39, 0.29) is 43.0 Å². The van der Waals surface area contributed by atoms with Crippen molar-refractivity contribution in [1.29, 1.82) is 0 Å². The second-order valence-electron chi connectivity index (χ2n) is 6.27. The second-order valence-corrected chi connectivity index (χ2v) is 7.13. The number of hydrogen-bond donors (Lipinski definition) is 3. The van der Waals surface area contributed by atoms with Crippen molar-refractivity contribution in [2.45, 2.75) is 32.2 Å². The Kier molecular flexibility index (Phi) is 6.55. The molecule has 3 amide bonds. The number of carbonyl (C=O) groups excluding carboxylic acids is 4. The standard InChI is InChI=1S/C19H20N4O5S/c1-2-28-16(25)9-11-10-29-19(20-11)23-15(24)8-7-14-18(27)21-13-6-4-3-5-12(13)17(26)22-14/h3-6,10,14H,2,7-9H2,1H3,(H,21,27)(H,22,26)(H,20,23,24). The predicted octanol–water partition coefficient (Wildman–Crippen LogP) is 1.72. The minimum Gasteiger partial charge on any atom is -0.466 e. The predicted molar refractivity (Wildman–Crippen MR) is 107 cm³/mol. The van der Waals surface area contributed by atoms with E-state index in [2.05, 4.69) is 20.9 Å². The molecule has 0 saturated carbocycles. The number of hydrogen-bond acceptors (Lipinski definition) is 7. The Morgan fingerprint density at radius 1 is 1.28 bits per heavy atom. The summed E-state index contributed by atoms with van der Waals surface area (Å²) in [5.41, 5.74) is 1.33. The molecular weight excluding hydrogens is 396 g/mol. The molecule has 1 atom stereocenters. The van der Waals surface area contributed by atoms with Crippen LogP contribution in [0.25, 0.3) is 0 Å². The number of carbonyl (C=O) groups is 4. The monoisotopic (exact) mass is 416 g/mol. The number of benzene rings is 1. The molecule has 9 nitrogen and oxygen atoms in total. The molecule has 0 spiro atoms. The summed E-state index contributed by atoms with van der Waals surface area (Å²) in [6, 6.07) is 5.89. The lowest BCUT2D eigenvalue weighted by Gasteiger charge is -2.13. The fourth-order valence-corrected chi connectivity index (χ4v) is 3.50. The van der Waals surface area contributed by atoms with Crippen molar-refractivity contribution in [2.24, 2.45) is 0 Å². The normalized spacial score (nSPS) is 15.6. The van der Waals surface area contributed by atoms with Gasteiger partial charge in [0.05, 0.1) is 30.0 Å². The van der Waals surface area contributed by atoms with E-state index < -0.39 is 6.04 Å². The maximum Gasteiger partial charge on any atom is 0.311 e. The van der Waals surface area contributed by atoms with Gasteiger partial charge in [-0.05, 0) is 25.5 Å². The smallest absolute Gasteiger partial charge is 0.311 e. The molecule has 10 heteroatoms. The maximum atomic E-state index is 12.3. The number of nitrogens with zero attached hydrogens (tertiary/aromatic N) is 1. The summed E-state index contributed by atoms with van der Waals surface area (Å²) in [5.74, 6) is -1.47. The van der Waals surface area contributed by atoms with E-state index in [1.165, 1.54) is 11.3 Å². The number of thiazole rings is 1. The molecule has 1 aromatic heterocycles. The first-order chi connectivity index (χ1) is 14.0. The minimum atomic E-state index is -0.823. The van der Waals surface area contributed by atoms with Gasteiger partial charge in [-0.1, -0.05) is 12.1 Å². The quantitative estimate of drug-likeness (QED) is 0.590. The number of rotatable bonds is 7. The van der Waals surface area contributed by atoms with Crippen molar-refractivity contribution >= 4 is 45.8 Å². The van der Waals surface area contributed by atoms with Gasteiger partial charge >= 0.3 is 5.97 Å². The van der Waals surface area contributed by atoms with E-state index in [0.717, 1.165) is 0 Å². The summed E-state index contributed by atoms with van der Waals surface area (Å²) in [4.78, 5) is 52.5. The van der Waals surface area contributed by atoms with Crippen LogP contribution in [0.15, 0.2) is 29.6 Å². The number of nitrogens with one attached hydrogen (secondary N) is 3. The summed E-state index contributed by atoms with van der Waals surface area (Å²) in [6.45, 7) is 2.02. The van der Waals surface area contributed by atoms with E-state index >= 15 is 0 Å². The highest BCUT2D eigenvalue weighted by atomic mass is 32.1. The molecule has 2 aromatic rings. The van der Waals surface area contributed by atoms with Crippen LogP contribution in [0.2, 0.25) is 0 Å². The van der Waals surface area contributed by atoms with Gasteiger partial charge < -0.3 is 20.7 Å². The first-order valence-corrected chi connectivity index (χ1v) is 9.95. The van der Waals surface area contributed by atoms with Gasteiger partial charge in [-0.2, -0.15) is 0 Å². The second kappa shape index (κ2) is 9.28. The van der Waals surface area contributed by atoms with Gasteiger partial charge in [0.25, 0.3) is 5.91 Å². The van der Waals surface area contributed by atoms with Gasteiger partial charge in [-0.25, -0.2) is 4.98 Å². The van der Waals surface area contributed by atoms with Crippen LogP contribution in [0.3, 0.4) is 0 Å². The van der Waals surface area contributed by atoms with Crippen molar-refractivity contribution in [3.05, 3.63) is 40.9 Å². The lowest BCUT2D eigenvalue weighted by Crippen LogP contribution is -2.41. The third-order valence-electron chi connectivity index (χ3n) is 4.14. The summed E-state index contributed by atoms with van der Waals surface area (Å²) in [5, 5.41) is 10.0. The molecule has 3 rings (SSSR count). The fraction of sp³-hybridized carbons (Fsp3) is 0.316. The van der Waals surface area contributed by atoms with Gasteiger partial charge in [-0.15, -0.1) is 11.3 Å². The number of fused-ring (bicyclic) bond motifs is 1. The molecule has 3 N–H and O–H groups in total. The largest absolute Gasteiger partial charge is 0.466 e. The zero-order valence-electron chi connectivity index (χ0n) is 15.7. The lowest BCUT2D eigenvalue weighted by molar-refractivity contribution is -0.142. The number of para-hydroxylation sites is 1. The highest BCUT2D eigenvalue weighted by Gasteiger charge is 2.27. The fourth-order valence-electron chi connectivity index (χ4n) is 2.78. The van der Waals surface area contributed by atoms with E-state index in [1.54, 1.807) is 36.6 Å². The van der Waals surface area contributed by atoms with Crippen LogP contribution in [0.1, 0.15) is 35.8 Å². The van der Waals surface area contributed by atoms with Gasteiger partial charge in [0.15, 0.2) is 5.13 Å². The molecule has 1 unspecified atom stereocenters. The molecule has 0 fully saturated rings. The van der Waals surface area contributed by atoms with E-state index in [4.69, 9.17) is 4.74 Å². The molecule has 0 saturated heterocycles. The first kappa shape index (κ1) is 20.5. The minimum absolute atomic E-state index is 0.0154. The maximum absolute atomic E-state index is 12.3. The Morgan fingerprint density at radius 2 is 2.07 bits per heavy atom.